The van der Waals surface area contributed by atoms with Crippen molar-refractivity contribution in [3.8, 4) is 0 Å². The summed E-state index contributed by atoms with van der Waals surface area (Å²) < 4.78 is 1.33. The van der Waals surface area contributed by atoms with Gasteiger partial charge in [0.15, 0.2) is 0 Å². The maximum Gasteiger partial charge on any atom is 0.0233 e. The fraction of sp³-hybridized carbons (Fsp3) is 0.500. The van der Waals surface area contributed by atoms with Crippen molar-refractivity contribution in [3.05, 3.63) is 33.4 Å². The molecule has 2 aliphatic rings. The summed E-state index contributed by atoms with van der Waals surface area (Å²) in [4.78, 5) is 2.60. The van der Waals surface area contributed by atoms with Crippen LogP contribution < -0.4 is 0 Å². The molecule has 0 radical (unpaired) electrons. The van der Waals surface area contributed by atoms with Crippen molar-refractivity contribution in [2.75, 3.05) is 13.1 Å². The molecule has 0 N–H and O–H groups in total. The predicted octanol–water partition coefficient (Wildman–Crippen LogP) is 2.74. The number of hydrogen-bond acceptors (Lipinski definition) is 1. The van der Waals surface area contributed by atoms with E-state index in [0.717, 1.165) is 18.4 Å². The number of fused-ring (bicyclic) bond motifs is 1. The molecule has 0 amide bonds. The second-order valence-electron chi connectivity index (χ2n) is 4.58. The summed E-state index contributed by atoms with van der Waals surface area (Å²) in [5, 5.41) is 0. The topological polar surface area (TPSA) is 3.24 Å². The van der Waals surface area contributed by atoms with Gasteiger partial charge in [-0.2, -0.15) is 0 Å². The van der Waals surface area contributed by atoms with E-state index in [1.165, 1.54) is 28.6 Å². The number of benzene rings is 1. The molecule has 1 aromatic rings. The molecule has 14 heavy (non-hydrogen) atoms. The van der Waals surface area contributed by atoms with Crippen LogP contribution >= 0.6 is 22.6 Å². The Morgan fingerprint density at radius 1 is 1.14 bits per heavy atom. The highest BCUT2D eigenvalue weighted by molar-refractivity contribution is 14.1. The average molecular weight is 299 g/mol. The van der Waals surface area contributed by atoms with Crippen molar-refractivity contribution in [2.24, 2.45) is 11.8 Å². The third kappa shape index (κ3) is 1.82. The number of likely N-dealkylation sites (tertiary alicyclic amines) is 1. The number of halogens is 1. The van der Waals surface area contributed by atoms with E-state index in [-0.39, 0.29) is 0 Å². The minimum Gasteiger partial charge on any atom is -0.299 e. The molecule has 2 atom stereocenters. The second kappa shape index (κ2) is 3.49. The molecule has 1 nitrogen and oxygen atoms in total. The van der Waals surface area contributed by atoms with E-state index in [1.807, 2.05) is 0 Å². The summed E-state index contributed by atoms with van der Waals surface area (Å²) in [6.45, 7) is 3.84. The molecule has 1 saturated carbocycles. The van der Waals surface area contributed by atoms with Crippen LogP contribution in [0.3, 0.4) is 0 Å². The summed E-state index contributed by atoms with van der Waals surface area (Å²) in [6.07, 6.45) is 1.50. The Kier molecular flexibility index (Phi) is 2.28. The Hall–Kier alpha value is -0.0900. The third-order valence-electron chi connectivity index (χ3n) is 3.37. The SMILES string of the molecule is Ic1ccc(CN2CC3CC3C2)cc1. The van der Waals surface area contributed by atoms with Gasteiger partial charge >= 0.3 is 0 Å². The van der Waals surface area contributed by atoms with Gasteiger partial charge in [-0.3, -0.25) is 4.90 Å². The number of nitrogens with zero attached hydrogens (tertiary/aromatic N) is 1. The first-order valence-corrected chi connectivity index (χ1v) is 6.36. The molecule has 0 bridgehead atoms. The third-order valence-corrected chi connectivity index (χ3v) is 4.09. The molecule has 1 heterocycles. The van der Waals surface area contributed by atoms with Gasteiger partial charge in [0.2, 0.25) is 0 Å². The zero-order chi connectivity index (χ0) is 9.54. The maximum absolute atomic E-state index is 2.60. The Bertz CT molecular complexity index is 323. The Labute approximate surface area is 98.6 Å². The number of rotatable bonds is 2. The molecule has 2 heteroatoms. The van der Waals surface area contributed by atoms with Gasteiger partial charge in [-0.25, -0.2) is 0 Å². The summed E-state index contributed by atoms with van der Waals surface area (Å²) in [7, 11) is 0. The zero-order valence-electron chi connectivity index (χ0n) is 8.12. The molecule has 2 unspecified atom stereocenters. The molecular weight excluding hydrogens is 285 g/mol. The highest BCUT2D eigenvalue weighted by atomic mass is 127. The van der Waals surface area contributed by atoms with Gasteiger partial charge in [0.1, 0.15) is 0 Å². The minimum atomic E-state index is 1.05. The lowest BCUT2D eigenvalue weighted by Gasteiger charge is -2.17. The molecule has 0 aromatic heterocycles. The Balaban J connectivity index is 1.64. The Morgan fingerprint density at radius 2 is 1.79 bits per heavy atom. The van der Waals surface area contributed by atoms with E-state index < -0.39 is 0 Å². The molecular formula is C12H14IN. The monoisotopic (exact) mass is 299 g/mol. The van der Waals surface area contributed by atoms with Crippen molar-refractivity contribution in [2.45, 2.75) is 13.0 Å². The van der Waals surface area contributed by atoms with Crippen LogP contribution in [0.15, 0.2) is 24.3 Å². The Morgan fingerprint density at radius 3 is 2.43 bits per heavy atom. The van der Waals surface area contributed by atoms with E-state index >= 15 is 0 Å². The predicted molar refractivity (Wildman–Crippen MR) is 66.0 cm³/mol. The molecule has 1 aliphatic heterocycles. The van der Waals surface area contributed by atoms with Gasteiger partial charge in [0.25, 0.3) is 0 Å². The highest BCUT2D eigenvalue weighted by Gasteiger charge is 2.44. The van der Waals surface area contributed by atoms with E-state index in [0.29, 0.717) is 0 Å². The number of hydrogen-bond donors (Lipinski definition) is 0. The van der Waals surface area contributed by atoms with Gasteiger partial charge in [-0.05, 0) is 58.5 Å². The normalized spacial score (nSPS) is 30.4. The van der Waals surface area contributed by atoms with E-state index in [2.05, 4.69) is 51.8 Å². The first kappa shape index (κ1) is 9.16. The minimum absolute atomic E-state index is 1.05. The van der Waals surface area contributed by atoms with E-state index in [1.54, 1.807) is 0 Å². The lowest BCUT2D eigenvalue weighted by atomic mass is 10.2. The van der Waals surface area contributed by atoms with Crippen molar-refractivity contribution in [1.29, 1.82) is 0 Å². The smallest absolute Gasteiger partial charge is 0.0233 e. The van der Waals surface area contributed by atoms with Crippen molar-refractivity contribution < 1.29 is 0 Å². The van der Waals surface area contributed by atoms with E-state index in [4.69, 9.17) is 0 Å². The average Bonchev–Trinajstić information content (AvgIpc) is 2.79. The van der Waals surface area contributed by atoms with Crippen LogP contribution in [-0.4, -0.2) is 18.0 Å². The lowest BCUT2D eigenvalue weighted by Crippen LogP contribution is -2.21. The zero-order valence-corrected chi connectivity index (χ0v) is 10.3. The van der Waals surface area contributed by atoms with Crippen molar-refractivity contribution in [1.82, 2.24) is 4.90 Å². The van der Waals surface area contributed by atoms with Crippen molar-refractivity contribution in [3.63, 3.8) is 0 Å². The van der Waals surface area contributed by atoms with Gasteiger partial charge in [-0.15, -0.1) is 0 Å². The molecule has 1 aromatic carbocycles. The van der Waals surface area contributed by atoms with Crippen LogP contribution in [0.1, 0.15) is 12.0 Å². The van der Waals surface area contributed by atoms with Crippen LogP contribution in [0, 0.1) is 15.4 Å². The van der Waals surface area contributed by atoms with Crippen LogP contribution in [0.2, 0.25) is 0 Å². The van der Waals surface area contributed by atoms with Crippen LogP contribution in [-0.2, 0) is 6.54 Å². The summed E-state index contributed by atoms with van der Waals surface area (Å²) >= 11 is 2.36. The summed E-state index contributed by atoms with van der Waals surface area (Å²) in [5.41, 5.74) is 1.46. The molecule has 2 fully saturated rings. The van der Waals surface area contributed by atoms with Crippen LogP contribution in [0.25, 0.3) is 0 Å². The fourth-order valence-corrected chi connectivity index (χ4v) is 2.83. The van der Waals surface area contributed by atoms with Crippen LogP contribution in [0.5, 0.6) is 0 Å². The van der Waals surface area contributed by atoms with Crippen LogP contribution in [0.4, 0.5) is 0 Å². The highest BCUT2D eigenvalue weighted by Crippen LogP contribution is 2.45. The first-order valence-electron chi connectivity index (χ1n) is 5.28. The maximum atomic E-state index is 2.60. The van der Waals surface area contributed by atoms with Gasteiger partial charge < -0.3 is 0 Å². The molecule has 1 aliphatic carbocycles. The summed E-state index contributed by atoms with van der Waals surface area (Å²) in [6, 6.07) is 8.91. The first-order chi connectivity index (χ1) is 6.81. The number of piperidine rings is 1. The van der Waals surface area contributed by atoms with E-state index in [9.17, 15) is 0 Å². The van der Waals surface area contributed by atoms with Gasteiger partial charge in [0, 0.05) is 23.2 Å². The largest absolute Gasteiger partial charge is 0.299 e. The van der Waals surface area contributed by atoms with Gasteiger partial charge in [-0.1, -0.05) is 12.1 Å². The molecule has 0 spiro atoms. The quantitative estimate of drug-likeness (QED) is 0.759. The lowest BCUT2D eigenvalue weighted by molar-refractivity contribution is 0.297. The molecule has 1 saturated heterocycles. The molecule has 74 valence electrons. The molecule has 3 rings (SSSR count). The summed E-state index contributed by atoms with van der Waals surface area (Å²) in [5.74, 6) is 2.11. The second-order valence-corrected chi connectivity index (χ2v) is 5.82. The van der Waals surface area contributed by atoms with Crippen molar-refractivity contribution >= 4 is 22.6 Å². The van der Waals surface area contributed by atoms with Gasteiger partial charge in [0.05, 0.1) is 0 Å². The fourth-order valence-electron chi connectivity index (χ4n) is 2.47. The standard InChI is InChI=1S/C12H14IN/c13-12-3-1-9(2-4-12)6-14-7-10-5-11(10)8-14/h1-4,10-11H,5-8H2.